The Kier molecular flexibility index (Phi) is 6.44. The summed E-state index contributed by atoms with van der Waals surface area (Å²) in [5, 5.41) is 0. The first-order valence-corrected chi connectivity index (χ1v) is 8.11. The van der Waals surface area contributed by atoms with Crippen LogP contribution in [-0.4, -0.2) is 24.5 Å². The number of amides is 1. The Balaban J connectivity index is 1.99. The minimum atomic E-state index is -4.40. The van der Waals surface area contributed by atoms with Crippen molar-refractivity contribution in [3.63, 3.8) is 0 Å². The summed E-state index contributed by atoms with van der Waals surface area (Å²) in [5.74, 6) is 0.464. The third-order valence-corrected chi connectivity index (χ3v) is 3.66. The number of carbonyl (C=O) groups excluding carboxylic acids is 1. The normalized spacial score (nSPS) is 11.6. The van der Waals surface area contributed by atoms with Crippen LogP contribution >= 0.6 is 0 Å². The second-order valence-corrected chi connectivity index (χ2v) is 5.73. The highest BCUT2D eigenvalue weighted by atomic mass is 19.4. The van der Waals surface area contributed by atoms with Gasteiger partial charge in [-0.05, 0) is 48.4 Å². The number of halogens is 3. The van der Waals surface area contributed by atoms with E-state index in [0.29, 0.717) is 18.7 Å². The van der Waals surface area contributed by atoms with Crippen LogP contribution in [0.5, 0.6) is 5.75 Å². The Hall–Kier alpha value is -2.76. The van der Waals surface area contributed by atoms with Gasteiger partial charge in [0.1, 0.15) is 5.75 Å². The van der Waals surface area contributed by atoms with Crippen LogP contribution in [0, 0.1) is 0 Å². The lowest BCUT2D eigenvalue weighted by Crippen LogP contribution is -2.24. The van der Waals surface area contributed by atoms with Crippen LogP contribution in [0.4, 0.5) is 13.2 Å². The first kappa shape index (κ1) is 19.6. The number of hydrogen-bond donors (Lipinski definition) is 0. The van der Waals surface area contributed by atoms with E-state index >= 15 is 0 Å². The molecule has 138 valence electrons. The summed E-state index contributed by atoms with van der Waals surface area (Å²) in [4.78, 5) is 13.7. The van der Waals surface area contributed by atoms with E-state index in [-0.39, 0.29) is 5.91 Å². The highest BCUT2D eigenvalue weighted by Crippen LogP contribution is 2.29. The van der Waals surface area contributed by atoms with Gasteiger partial charge in [-0.2, -0.15) is 13.2 Å². The first-order chi connectivity index (χ1) is 12.3. The Morgan fingerprint density at radius 2 is 1.85 bits per heavy atom. The number of benzene rings is 2. The molecule has 0 aliphatic heterocycles. The van der Waals surface area contributed by atoms with E-state index in [2.05, 4.69) is 0 Å². The fourth-order valence-corrected chi connectivity index (χ4v) is 2.32. The molecule has 1 amide bonds. The molecule has 0 radical (unpaired) electrons. The number of alkyl halides is 3. The highest BCUT2D eigenvalue weighted by molar-refractivity contribution is 5.91. The molecule has 0 atom stereocenters. The smallest absolute Gasteiger partial charge is 0.416 e. The van der Waals surface area contributed by atoms with Gasteiger partial charge in [0, 0.05) is 19.7 Å². The lowest BCUT2D eigenvalue weighted by Gasteiger charge is -2.15. The molecule has 0 aromatic heterocycles. The van der Waals surface area contributed by atoms with Crippen LogP contribution in [0.3, 0.4) is 0 Å². The second kappa shape index (κ2) is 8.56. The van der Waals surface area contributed by atoms with Gasteiger partial charge in [0.2, 0.25) is 5.91 Å². The van der Waals surface area contributed by atoms with E-state index in [1.165, 1.54) is 29.2 Å². The molecule has 0 fully saturated rings. The Morgan fingerprint density at radius 3 is 2.46 bits per heavy atom. The molecule has 26 heavy (non-hydrogen) atoms. The van der Waals surface area contributed by atoms with Crippen LogP contribution in [-0.2, 0) is 17.5 Å². The van der Waals surface area contributed by atoms with E-state index in [1.54, 1.807) is 7.05 Å². The number of rotatable bonds is 6. The molecule has 2 rings (SSSR count). The minimum Gasteiger partial charge on any atom is -0.494 e. The fraction of sp³-hybridized carbons (Fsp3) is 0.250. The van der Waals surface area contributed by atoms with Gasteiger partial charge in [-0.3, -0.25) is 4.79 Å². The summed E-state index contributed by atoms with van der Waals surface area (Å²) in [6.45, 7) is 2.87. The van der Waals surface area contributed by atoms with Crippen molar-refractivity contribution in [3.8, 4) is 5.75 Å². The molecule has 3 nitrogen and oxygen atoms in total. The standard InChI is InChI=1S/C20H20F3NO2/c1-3-26-18-10-7-16(8-11-18)14-24(2)19(25)12-9-15-5-4-6-17(13-15)20(21,22)23/h4-13H,3,14H2,1-2H3/b12-9+. The predicted octanol–water partition coefficient (Wildman–Crippen LogP) is 4.78. The van der Waals surface area contributed by atoms with Crippen LogP contribution < -0.4 is 4.74 Å². The lowest BCUT2D eigenvalue weighted by atomic mass is 10.1. The van der Waals surface area contributed by atoms with Crippen LogP contribution in [0.25, 0.3) is 6.08 Å². The van der Waals surface area contributed by atoms with E-state index in [1.807, 2.05) is 31.2 Å². The van der Waals surface area contributed by atoms with Crippen LogP contribution in [0.1, 0.15) is 23.6 Å². The Labute approximate surface area is 150 Å². The van der Waals surface area contributed by atoms with Crippen molar-refractivity contribution < 1.29 is 22.7 Å². The van der Waals surface area contributed by atoms with Gasteiger partial charge in [-0.1, -0.05) is 24.3 Å². The number of nitrogens with zero attached hydrogens (tertiary/aromatic N) is 1. The quantitative estimate of drug-likeness (QED) is 0.692. The molecule has 0 saturated carbocycles. The van der Waals surface area contributed by atoms with Crippen molar-refractivity contribution in [3.05, 3.63) is 71.3 Å². The first-order valence-electron chi connectivity index (χ1n) is 8.11. The second-order valence-electron chi connectivity index (χ2n) is 5.73. The topological polar surface area (TPSA) is 29.5 Å². The van der Waals surface area contributed by atoms with E-state index < -0.39 is 11.7 Å². The molecule has 0 bridgehead atoms. The van der Waals surface area contributed by atoms with E-state index in [0.717, 1.165) is 23.4 Å². The molecule has 2 aromatic rings. The number of hydrogen-bond acceptors (Lipinski definition) is 2. The zero-order valence-corrected chi connectivity index (χ0v) is 14.6. The highest BCUT2D eigenvalue weighted by Gasteiger charge is 2.30. The Bertz CT molecular complexity index is 767. The van der Waals surface area contributed by atoms with Gasteiger partial charge >= 0.3 is 6.18 Å². The van der Waals surface area contributed by atoms with Crippen molar-refractivity contribution in [1.29, 1.82) is 0 Å². The Morgan fingerprint density at radius 1 is 1.15 bits per heavy atom. The molecular formula is C20H20F3NO2. The van der Waals surface area contributed by atoms with Crippen molar-refractivity contribution in [2.45, 2.75) is 19.6 Å². The number of carbonyl (C=O) groups is 1. The van der Waals surface area contributed by atoms with Gasteiger partial charge in [0.15, 0.2) is 0 Å². The van der Waals surface area contributed by atoms with E-state index in [9.17, 15) is 18.0 Å². The van der Waals surface area contributed by atoms with Crippen molar-refractivity contribution >= 4 is 12.0 Å². The summed E-state index contributed by atoms with van der Waals surface area (Å²) in [6, 6.07) is 12.2. The zero-order chi connectivity index (χ0) is 19.2. The van der Waals surface area contributed by atoms with Crippen molar-refractivity contribution in [1.82, 2.24) is 4.90 Å². The maximum atomic E-state index is 12.7. The average Bonchev–Trinajstić information content (AvgIpc) is 2.61. The molecular weight excluding hydrogens is 343 g/mol. The summed E-state index contributed by atoms with van der Waals surface area (Å²) >= 11 is 0. The number of likely N-dealkylation sites (N-methyl/N-ethyl adjacent to an activating group) is 1. The molecule has 0 spiro atoms. The average molecular weight is 363 g/mol. The van der Waals surface area contributed by atoms with Crippen molar-refractivity contribution in [2.24, 2.45) is 0 Å². The molecule has 0 N–H and O–H groups in total. The van der Waals surface area contributed by atoms with Gasteiger partial charge in [0.05, 0.1) is 12.2 Å². The third kappa shape index (κ3) is 5.65. The number of ether oxygens (including phenoxy) is 1. The van der Waals surface area contributed by atoms with Gasteiger partial charge in [-0.15, -0.1) is 0 Å². The molecule has 0 heterocycles. The van der Waals surface area contributed by atoms with Gasteiger partial charge in [0.25, 0.3) is 0 Å². The zero-order valence-electron chi connectivity index (χ0n) is 14.6. The molecule has 2 aromatic carbocycles. The maximum Gasteiger partial charge on any atom is 0.416 e. The van der Waals surface area contributed by atoms with E-state index in [4.69, 9.17) is 4.74 Å². The SMILES string of the molecule is CCOc1ccc(CN(C)C(=O)/C=C/c2cccc(C(F)(F)F)c2)cc1. The summed E-state index contributed by atoms with van der Waals surface area (Å²) < 4.78 is 43.5. The largest absolute Gasteiger partial charge is 0.494 e. The molecule has 0 unspecified atom stereocenters. The van der Waals surface area contributed by atoms with Gasteiger partial charge in [-0.25, -0.2) is 0 Å². The molecule has 0 saturated heterocycles. The fourth-order valence-electron chi connectivity index (χ4n) is 2.32. The molecule has 0 aliphatic carbocycles. The van der Waals surface area contributed by atoms with Crippen LogP contribution in [0.15, 0.2) is 54.6 Å². The third-order valence-electron chi connectivity index (χ3n) is 3.66. The summed E-state index contributed by atoms with van der Waals surface area (Å²) in [5.41, 5.74) is 0.509. The maximum absolute atomic E-state index is 12.7. The molecule has 0 aliphatic rings. The van der Waals surface area contributed by atoms with Gasteiger partial charge < -0.3 is 9.64 Å². The monoisotopic (exact) mass is 363 g/mol. The minimum absolute atomic E-state index is 0.295. The van der Waals surface area contributed by atoms with Crippen LogP contribution in [0.2, 0.25) is 0 Å². The predicted molar refractivity (Wildman–Crippen MR) is 94.6 cm³/mol. The summed E-state index contributed by atoms with van der Waals surface area (Å²) in [7, 11) is 1.63. The van der Waals surface area contributed by atoms with Crippen molar-refractivity contribution in [2.75, 3.05) is 13.7 Å². The lowest BCUT2D eigenvalue weighted by molar-refractivity contribution is -0.137. The summed E-state index contributed by atoms with van der Waals surface area (Å²) in [6.07, 6.45) is -1.76. The molecule has 6 heteroatoms.